The summed E-state index contributed by atoms with van der Waals surface area (Å²) in [6.07, 6.45) is 6.76. The smallest absolute Gasteiger partial charge is 0.344 e. The topological polar surface area (TPSA) is 90.8 Å². The fraction of sp³-hybridized carbons (Fsp3) is 0.545. The monoisotopic (exact) mass is 460 g/mol. The summed E-state index contributed by atoms with van der Waals surface area (Å²) in [6, 6.07) is 8.28. The normalized spacial score (nSPS) is 17.6. The highest BCUT2D eigenvalue weighted by Gasteiger charge is 2.28. The van der Waals surface area contributed by atoms with Crippen molar-refractivity contribution in [1.29, 1.82) is 0 Å². The molecule has 32 heavy (non-hydrogen) atoms. The SMILES string of the molecule is Cc1ccc(N(C)C2CCN(C(=O)n3ccc(NS(C)(=O)=O)n3)CC2)c(N2CCCC2)c1. The minimum Gasteiger partial charge on any atom is -0.370 e. The summed E-state index contributed by atoms with van der Waals surface area (Å²) < 4.78 is 26.2. The first kappa shape index (κ1) is 22.4. The van der Waals surface area contributed by atoms with E-state index in [9.17, 15) is 13.2 Å². The van der Waals surface area contributed by atoms with Gasteiger partial charge in [0, 0.05) is 51.5 Å². The van der Waals surface area contributed by atoms with Crippen LogP contribution in [0.1, 0.15) is 31.2 Å². The Hall–Kier alpha value is -2.75. The van der Waals surface area contributed by atoms with E-state index in [2.05, 4.69) is 51.8 Å². The number of hydrogen-bond acceptors (Lipinski definition) is 6. The number of sulfonamides is 1. The van der Waals surface area contributed by atoms with Gasteiger partial charge in [-0.25, -0.2) is 13.2 Å². The summed E-state index contributed by atoms with van der Waals surface area (Å²) in [6.45, 7) is 5.62. The average Bonchev–Trinajstić information content (AvgIpc) is 3.44. The van der Waals surface area contributed by atoms with Crippen LogP contribution in [0, 0.1) is 6.92 Å². The van der Waals surface area contributed by atoms with Gasteiger partial charge in [-0.05, 0) is 50.3 Å². The predicted molar refractivity (Wildman–Crippen MR) is 127 cm³/mol. The van der Waals surface area contributed by atoms with E-state index in [-0.39, 0.29) is 11.8 Å². The molecule has 1 N–H and O–H groups in total. The van der Waals surface area contributed by atoms with Crippen molar-refractivity contribution in [2.75, 3.05) is 54.0 Å². The number of benzene rings is 1. The molecule has 0 spiro atoms. The van der Waals surface area contributed by atoms with Crippen molar-refractivity contribution >= 4 is 33.2 Å². The number of aryl methyl sites for hydroxylation is 1. The number of carbonyl (C=O) groups is 1. The number of anilines is 3. The van der Waals surface area contributed by atoms with Crippen molar-refractivity contribution in [2.24, 2.45) is 0 Å². The van der Waals surface area contributed by atoms with Crippen molar-refractivity contribution < 1.29 is 13.2 Å². The zero-order valence-electron chi connectivity index (χ0n) is 19.0. The fourth-order valence-corrected chi connectivity index (χ4v) is 5.09. The summed E-state index contributed by atoms with van der Waals surface area (Å²) in [7, 11) is -1.27. The van der Waals surface area contributed by atoms with Gasteiger partial charge in [-0.2, -0.15) is 4.68 Å². The van der Waals surface area contributed by atoms with E-state index >= 15 is 0 Å². The molecule has 10 heteroatoms. The van der Waals surface area contributed by atoms with Crippen molar-refractivity contribution in [1.82, 2.24) is 14.7 Å². The summed E-state index contributed by atoms with van der Waals surface area (Å²) in [5, 5.41) is 4.06. The van der Waals surface area contributed by atoms with Crippen LogP contribution in [-0.4, -0.2) is 74.7 Å². The first-order valence-electron chi connectivity index (χ1n) is 11.1. The van der Waals surface area contributed by atoms with Crippen molar-refractivity contribution in [3.05, 3.63) is 36.0 Å². The quantitative estimate of drug-likeness (QED) is 0.738. The van der Waals surface area contributed by atoms with Crippen LogP contribution in [0.2, 0.25) is 0 Å². The zero-order chi connectivity index (χ0) is 22.9. The maximum atomic E-state index is 12.8. The van der Waals surface area contributed by atoms with Crippen molar-refractivity contribution in [3.8, 4) is 0 Å². The maximum absolute atomic E-state index is 12.8. The molecule has 9 nitrogen and oxygen atoms in total. The third-order valence-corrected chi connectivity index (χ3v) is 6.90. The molecule has 1 amide bonds. The van der Waals surface area contributed by atoms with Gasteiger partial charge >= 0.3 is 6.03 Å². The predicted octanol–water partition coefficient (Wildman–Crippen LogP) is 2.73. The maximum Gasteiger partial charge on any atom is 0.344 e. The molecular weight excluding hydrogens is 428 g/mol. The number of amides is 1. The minimum absolute atomic E-state index is 0.143. The first-order chi connectivity index (χ1) is 15.2. The Morgan fingerprint density at radius 1 is 1.12 bits per heavy atom. The highest BCUT2D eigenvalue weighted by Crippen LogP contribution is 2.34. The van der Waals surface area contributed by atoms with E-state index in [1.807, 2.05) is 0 Å². The van der Waals surface area contributed by atoms with E-state index < -0.39 is 10.0 Å². The number of rotatable bonds is 5. The summed E-state index contributed by atoms with van der Waals surface area (Å²) in [4.78, 5) is 19.5. The first-order valence-corrected chi connectivity index (χ1v) is 13.0. The number of likely N-dealkylation sites (tertiary alicyclic amines) is 1. The Morgan fingerprint density at radius 3 is 2.47 bits per heavy atom. The van der Waals surface area contributed by atoms with Crippen LogP contribution in [0.4, 0.5) is 22.0 Å². The highest BCUT2D eigenvalue weighted by atomic mass is 32.2. The molecule has 2 aliphatic heterocycles. The highest BCUT2D eigenvalue weighted by molar-refractivity contribution is 7.92. The Morgan fingerprint density at radius 2 is 1.81 bits per heavy atom. The van der Waals surface area contributed by atoms with Gasteiger partial charge in [-0.1, -0.05) is 6.07 Å². The Kier molecular flexibility index (Phi) is 6.32. The second-order valence-electron chi connectivity index (χ2n) is 8.82. The molecule has 2 saturated heterocycles. The number of nitrogens with one attached hydrogen (secondary N) is 1. The Bertz CT molecular complexity index is 1070. The summed E-state index contributed by atoms with van der Waals surface area (Å²) in [5.74, 6) is 0.143. The summed E-state index contributed by atoms with van der Waals surface area (Å²) >= 11 is 0. The van der Waals surface area contributed by atoms with Crippen LogP contribution in [0.3, 0.4) is 0 Å². The number of aromatic nitrogens is 2. The largest absolute Gasteiger partial charge is 0.370 e. The molecule has 2 aromatic rings. The lowest BCUT2D eigenvalue weighted by molar-refractivity contribution is 0.179. The van der Waals surface area contributed by atoms with Gasteiger partial charge in [0.2, 0.25) is 10.0 Å². The molecule has 0 bridgehead atoms. The third-order valence-electron chi connectivity index (χ3n) is 6.32. The van der Waals surface area contributed by atoms with Crippen LogP contribution in [0.15, 0.2) is 30.5 Å². The van der Waals surface area contributed by atoms with E-state index in [0.29, 0.717) is 19.1 Å². The lowest BCUT2D eigenvalue weighted by atomic mass is 10.0. The standard InChI is InChI=1S/C22H32N6O3S/c1-17-6-7-19(20(16-17)26-11-4-5-12-26)25(2)18-8-13-27(14-9-18)22(29)28-15-10-21(23-28)24-32(3,30)31/h6-7,10,15-16,18H,4-5,8-9,11-14H2,1-3H3,(H,23,24). The molecule has 174 valence electrons. The second kappa shape index (κ2) is 9.01. The molecule has 4 rings (SSSR count). The van der Waals surface area contributed by atoms with Crippen LogP contribution < -0.4 is 14.5 Å². The lowest BCUT2D eigenvalue weighted by Gasteiger charge is -2.39. The Labute approximate surface area is 190 Å². The minimum atomic E-state index is -3.43. The molecule has 0 saturated carbocycles. The molecule has 3 heterocycles. The van der Waals surface area contributed by atoms with Gasteiger partial charge in [0.1, 0.15) is 0 Å². The molecule has 0 aliphatic carbocycles. The Balaban J connectivity index is 1.40. The second-order valence-corrected chi connectivity index (χ2v) is 10.6. The summed E-state index contributed by atoms with van der Waals surface area (Å²) in [5.41, 5.74) is 3.84. The van der Waals surface area contributed by atoms with Gasteiger partial charge in [0.15, 0.2) is 5.82 Å². The van der Waals surface area contributed by atoms with Crippen LogP contribution in [0.25, 0.3) is 0 Å². The average molecular weight is 461 g/mol. The third kappa shape index (κ3) is 5.01. The van der Waals surface area contributed by atoms with Crippen molar-refractivity contribution in [2.45, 2.75) is 38.6 Å². The number of carbonyl (C=O) groups excluding carboxylic acids is 1. The van der Waals surface area contributed by atoms with Gasteiger partial charge < -0.3 is 14.7 Å². The van der Waals surface area contributed by atoms with Crippen LogP contribution >= 0.6 is 0 Å². The molecule has 0 atom stereocenters. The molecule has 2 aliphatic rings. The fourth-order valence-electron chi connectivity index (χ4n) is 4.60. The van der Waals surface area contributed by atoms with Gasteiger partial charge in [-0.3, -0.25) is 4.72 Å². The van der Waals surface area contributed by atoms with Crippen molar-refractivity contribution in [3.63, 3.8) is 0 Å². The molecule has 2 fully saturated rings. The van der Waals surface area contributed by atoms with E-state index in [4.69, 9.17) is 0 Å². The number of hydrogen-bond donors (Lipinski definition) is 1. The molecule has 0 radical (unpaired) electrons. The number of nitrogens with zero attached hydrogens (tertiary/aromatic N) is 5. The molecule has 1 aromatic heterocycles. The van der Waals surface area contributed by atoms with Gasteiger partial charge in [0.25, 0.3) is 0 Å². The van der Waals surface area contributed by atoms with E-state index in [1.165, 1.54) is 46.7 Å². The molecular formula is C22H32N6O3S. The molecule has 0 unspecified atom stereocenters. The van der Waals surface area contributed by atoms with E-state index in [1.54, 1.807) is 4.90 Å². The van der Waals surface area contributed by atoms with Crippen LogP contribution in [0.5, 0.6) is 0 Å². The molecule has 1 aromatic carbocycles. The van der Waals surface area contributed by atoms with Gasteiger partial charge in [-0.15, -0.1) is 5.10 Å². The lowest BCUT2D eigenvalue weighted by Crippen LogP contribution is -2.47. The van der Waals surface area contributed by atoms with E-state index in [0.717, 1.165) is 32.2 Å². The van der Waals surface area contributed by atoms with Gasteiger partial charge in [0.05, 0.1) is 17.6 Å². The zero-order valence-corrected chi connectivity index (χ0v) is 19.8. The number of piperidine rings is 1. The van der Waals surface area contributed by atoms with Crippen LogP contribution in [-0.2, 0) is 10.0 Å².